The van der Waals surface area contributed by atoms with Crippen molar-refractivity contribution in [1.82, 2.24) is 0 Å². The van der Waals surface area contributed by atoms with Gasteiger partial charge in [0.25, 0.3) is 0 Å². The van der Waals surface area contributed by atoms with Gasteiger partial charge in [-0.1, -0.05) is 22.0 Å². The number of hydrogen-bond donors (Lipinski definition) is 0. The third-order valence-electron chi connectivity index (χ3n) is 3.42. The van der Waals surface area contributed by atoms with E-state index in [0.717, 1.165) is 49.5 Å². The van der Waals surface area contributed by atoms with Gasteiger partial charge in [0, 0.05) is 30.0 Å². The van der Waals surface area contributed by atoms with Gasteiger partial charge in [-0.2, -0.15) is 0 Å². The Morgan fingerprint density at radius 2 is 2.00 bits per heavy atom. The Balaban J connectivity index is 1.96. The Morgan fingerprint density at radius 1 is 1.28 bits per heavy atom. The van der Waals surface area contributed by atoms with Crippen molar-refractivity contribution < 1.29 is 14.2 Å². The fourth-order valence-electron chi connectivity index (χ4n) is 2.05. The van der Waals surface area contributed by atoms with E-state index in [1.807, 2.05) is 24.3 Å². The third kappa shape index (κ3) is 3.39. The number of methoxy groups -OCH3 is 1. The van der Waals surface area contributed by atoms with E-state index in [1.54, 1.807) is 7.11 Å². The third-order valence-corrected chi connectivity index (χ3v) is 4.61. The largest absolute Gasteiger partial charge is 0.497 e. The summed E-state index contributed by atoms with van der Waals surface area (Å²) in [6, 6.07) is 7.74. The first kappa shape index (κ1) is 13.7. The highest BCUT2D eigenvalue weighted by Crippen LogP contribution is 2.33. The molecule has 1 aromatic carbocycles. The van der Waals surface area contributed by atoms with Gasteiger partial charge in [-0.05, 0) is 25.0 Å². The second kappa shape index (κ2) is 6.43. The van der Waals surface area contributed by atoms with E-state index in [4.69, 9.17) is 14.2 Å². The fraction of sp³-hybridized carbons (Fsp3) is 0.571. The van der Waals surface area contributed by atoms with Crippen molar-refractivity contribution in [3.8, 4) is 11.5 Å². The molecule has 0 spiro atoms. The molecule has 1 heterocycles. The summed E-state index contributed by atoms with van der Waals surface area (Å²) in [7, 11) is 1.66. The zero-order valence-corrected chi connectivity index (χ0v) is 12.2. The van der Waals surface area contributed by atoms with E-state index < -0.39 is 0 Å². The molecule has 0 atom stereocenters. The Labute approximate surface area is 117 Å². The molecule has 100 valence electrons. The average molecular weight is 315 g/mol. The van der Waals surface area contributed by atoms with Gasteiger partial charge in [0.15, 0.2) is 0 Å². The minimum Gasteiger partial charge on any atom is -0.497 e. The summed E-state index contributed by atoms with van der Waals surface area (Å²) < 4.78 is 16.5. The zero-order valence-electron chi connectivity index (χ0n) is 10.7. The first-order valence-electron chi connectivity index (χ1n) is 6.19. The number of rotatable bonds is 5. The fourth-order valence-corrected chi connectivity index (χ4v) is 2.77. The zero-order chi connectivity index (χ0) is 12.8. The second-order valence-electron chi connectivity index (χ2n) is 4.71. The molecule has 1 fully saturated rings. The molecule has 0 unspecified atom stereocenters. The Bertz CT molecular complexity index is 375. The first-order valence-corrected chi connectivity index (χ1v) is 7.31. The summed E-state index contributed by atoms with van der Waals surface area (Å²) in [5.74, 6) is 1.69. The van der Waals surface area contributed by atoms with Crippen LogP contribution in [0.1, 0.15) is 12.8 Å². The van der Waals surface area contributed by atoms with Crippen LogP contribution in [0, 0.1) is 5.41 Å². The normalized spacial score (nSPS) is 18.3. The van der Waals surface area contributed by atoms with Crippen molar-refractivity contribution >= 4 is 15.9 Å². The lowest BCUT2D eigenvalue weighted by molar-refractivity contribution is 0.00351. The van der Waals surface area contributed by atoms with Crippen LogP contribution in [0.5, 0.6) is 11.5 Å². The van der Waals surface area contributed by atoms with Crippen LogP contribution < -0.4 is 9.47 Å². The number of alkyl halides is 1. The molecule has 2 rings (SSSR count). The molecule has 1 aliphatic heterocycles. The average Bonchev–Trinajstić information content (AvgIpc) is 2.46. The van der Waals surface area contributed by atoms with Gasteiger partial charge in [0.05, 0.1) is 13.7 Å². The van der Waals surface area contributed by atoms with Crippen LogP contribution >= 0.6 is 15.9 Å². The lowest BCUT2D eigenvalue weighted by Crippen LogP contribution is -2.36. The van der Waals surface area contributed by atoms with E-state index in [1.165, 1.54) is 0 Å². The molecule has 0 bridgehead atoms. The molecule has 1 aliphatic rings. The molecule has 0 aromatic heterocycles. The van der Waals surface area contributed by atoms with Gasteiger partial charge < -0.3 is 14.2 Å². The molecule has 18 heavy (non-hydrogen) atoms. The maximum atomic E-state index is 5.92. The van der Waals surface area contributed by atoms with E-state index in [2.05, 4.69) is 15.9 Å². The summed E-state index contributed by atoms with van der Waals surface area (Å²) in [4.78, 5) is 0. The molecule has 0 radical (unpaired) electrons. The molecule has 4 heteroatoms. The predicted molar refractivity (Wildman–Crippen MR) is 74.8 cm³/mol. The number of halogens is 1. The van der Waals surface area contributed by atoms with Crippen LogP contribution in [-0.4, -0.2) is 32.3 Å². The molecule has 3 nitrogen and oxygen atoms in total. The molecule has 0 aliphatic carbocycles. The van der Waals surface area contributed by atoms with Gasteiger partial charge >= 0.3 is 0 Å². The van der Waals surface area contributed by atoms with Crippen LogP contribution in [0.3, 0.4) is 0 Å². The molecule has 0 amide bonds. The summed E-state index contributed by atoms with van der Waals surface area (Å²) >= 11 is 3.61. The lowest BCUT2D eigenvalue weighted by Gasteiger charge is -2.35. The van der Waals surface area contributed by atoms with Crippen LogP contribution in [0.2, 0.25) is 0 Å². The van der Waals surface area contributed by atoms with Crippen molar-refractivity contribution in [3.05, 3.63) is 24.3 Å². The Hall–Kier alpha value is -0.740. The minimum absolute atomic E-state index is 0.196. The molecule has 1 saturated heterocycles. The molecular weight excluding hydrogens is 296 g/mol. The van der Waals surface area contributed by atoms with Gasteiger partial charge in [-0.3, -0.25) is 0 Å². The highest BCUT2D eigenvalue weighted by molar-refractivity contribution is 9.09. The Morgan fingerprint density at radius 3 is 2.67 bits per heavy atom. The van der Waals surface area contributed by atoms with E-state index in [-0.39, 0.29) is 5.41 Å². The summed E-state index contributed by atoms with van der Waals surface area (Å²) in [5.41, 5.74) is 0.196. The number of ether oxygens (including phenoxy) is 3. The molecular formula is C14H19BrO3. The predicted octanol–water partition coefficient (Wildman–Crippen LogP) is 3.27. The van der Waals surface area contributed by atoms with Crippen molar-refractivity contribution in [2.45, 2.75) is 12.8 Å². The summed E-state index contributed by atoms with van der Waals surface area (Å²) in [5, 5.41) is 0.952. The Kier molecular flexibility index (Phi) is 4.89. The van der Waals surface area contributed by atoms with Gasteiger partial charge in [-0.15, -0.1) is 0 Å². The minimum atomic E-state index is 0.196. The highest BCUT2D eigenvalue weighted by Gasteiger charge is 2.32. The second-order valence-corrected chi connectivity index (χ2v) is 5.27. The highest BCUT2D eigenvalue weighted by atomic mass is 79.9. The maximum Gasteiger partial charge on any atom is 0.123 e. The monoisotopic (exact) mass is 314 g/mol. The number of hydrogen-bond acceptors (Lipinski definition) is 3. The van der Waals surface area contributed by atoms with E-state index in [9.17, 15) is 0 Å². The quantitative estimate of drug-likeness (QED) is 0.781. The SMILES string of the molecule is COc1cccc(OCC2(CBr)CCOCC2)c1. The maximum absolute atomic E-state index is 5.92. The molecule has 1 aromatic rings. The van der Waals surface area contributed by atoms with Crippen molar-refractivity contribution in [1.29, 1.82) is 0 Å². The topological polar surface area (TPSA) is 27.7 Å². The summed E-state index contributed by atoms with van der Waals surface area (Å²) in [6.45, 7) is 2.37. The van der Waals surface area contributed by atoms with Gasteiger partial charge in [0.1, 0.15) is 11.5 Å². The lowest BCUT2D eigenvalue weighted by atomic mass is 9.83. The molecule has 0 saturated carbocycles. The van der Waals surface area contributed by atoms with Crippen LogP contribution in [-0.2, 0) is 4.74 Å². The van der Waals surface area contributed by atoms with Crippen LogP contribution in [0.15, 0.2) is 24.3 Å². The van der Waals surface area contributed by atoms with E-state index in [0.29, 0.717) is 0 Å². The smallest absolute Gasteiger partial charge is 0.123 e. The number of benzene rings is 1. The van der Waals surface area contributed by atoms with E-state index >= 15 is 0 Å². The molecule has 0 N–H and O–H groups in total. The van der Waals surface area contributed by atoms with Gasteiger partial charge in [0.2, 0.25) is 0 Å². The van der Waals surface area contributed by atoms with Gasteiger partial charge in [-0.25, -0.2) is 0 Å². The van der Waals surface area contributed by atoms with Crippen molar-refractivity contribution in [2.75, 3.05) is 32.3 Å². The van der Waals surface area contributed by atoms with Crippen molar-refractivity contribution in [2.24, 2.45) is 5.41 Å². The summed E-state index contributed by atoms with van der Waals surface area (Å²) in [6.07, 6.45) is 2.09. The first-order chi connectivity index (χ1) is 8.78. The van der Waals surface area contributed by atoms with Crippen molar-refractivity contribution in [3.63, 3.8) is 0 Å². The van der Waals surface area contributed by atoms with Crippen LogP contribution in [0.4, 0.5) is 0 Å². The van der Waals surface area contributed by atoms with Crippen LogP contribution in [0.25, 0.3) is 0 Å². The standard InChI is InChI=1S/C14H19BrO3/c1-16-12-3-2-4-13(9-12)18-11-14(10-15)5-7-17-8-6-14/h2-4,9H,5-8,10-11H2,1H3.